The Hall–Kier alpha value is -5.29. The zero-order chi connectivity index (χ0) is 38.5. The van der Waals surface area contributed by atoms with Gasteiger partial charge in [-0.25, -0.2) is 40.9 Å². The number of H-pyrrole nitrogens is 1. The lowest BCUT2D eigenvalue weighted by atomic mass is 9.96. The van der Waals surface area contributed by atoms with Gasteiger partial charge in [0.15, 0.2) is 5.13 Å². The summed E-state index contributed by atoms with van der Waals surface area (Å²) in [4.78, 5) is 19.6. The van der Waals surface area contributed by atoms with Crippen molar-refractivity contribution in [1.29, 1.82) is 0 Å². The van der Waals surface area contributed by atoms with Crippen LogP contribution in [0.4, 0.5) is 37.2 Å². The minimum absolute atomic E-state index is 0.124. The molecule has 1 fully saturated rings. The Labute approximate surface area is 310 Å². The standard InChI is InChI=1S/C20H23N5S.C17H10F6N2O2S/c1-14-13-18(16-9-5-6-10-17(16)22-14)24-19(25-20-21-11-12-26-20)23-15-7-3-2-4-8-15;18-11-5-1-9(2-6-11)13-14(10-3-7-12(19)8-4-10)25-16(24-13)28(26,27)17(22,23)15(20)21/h5-6,9-13,15H,2-4,7-8H2,1H3,(H2,21,22,23,24,25);1-8,15H,(H,24,25). The average Bonchev–Trinajstić information content (AvgIpc) is 3.84. The molecule has 17 heteroatoms. The number of nitrogens with zero attached hydrogens (tertiary/aromatic N) is 4. The molecule has 54 heavy (non-hydrogen) atoms. The van der Waals surface area contributed by atoms with Crippen molar-refractivity contribution in [2.75, 3.05) is 10.6 Å². The number of benzene rings is 3. The lowest BCUT2D eigenvalue weighted by Gasteiger charge is -2.20. The van der Waals surface area contributed by atoms with Crippen LogP contribution in [-0.4, -0.2) is 52.0 Å². The Morgan fingerprint density at radius 1 is 0.907 bits per heavy atom. The minimum atomic E-state index is -5.87. The number of alkyl halides is 4. The van der Waals surface area contributed by atoms with Gasteiger partial charge in [0.2, 0.25) is 11.1 Å². The lowest BCUT2D eigenvalue weighted by molar-refractivity contribution is -0.0639. The summed E-state index contributed by atoms with van der Waals surface area (Å²) in [6.07, 6.45) is 3.47. The highest BCUT2D eigenvalue weighted by Gasteiger charge is 2.56. The van der Waals surface area contributed by atoms with E-state index in [1.807, 2.05) is 30.5 Å². The summed E-state index contributed by atoms with van der Waals surface area (Å²) in [5.74, 6) is -0.481. The minimum Gasteiger partial charge on any atom is -0.328 e. The number of nitrogens with one attached hydrogen (secondary N) is 3. The molecule has 0 radical (unpaired) electrons. The largest absolute Gasteiger partial charge is 0.411 e. The molecule has 1 aliphatic rings. The molecule has 1 saturated carbocycles. The third-order valence-corrected chi connectivity index (χ3v) is 10.7. The number of hydrogen-bond acceptors (Lipinski definition) is 7. The van der Waals surface area contributed by atoms with Crippen LogP contribution in [0.1, 0.15) is 37.8 Å². The van der Waals surface area contributed by atoms with Crippen LogP contribution in [0.5, 0.6) is 0 Å². The van der Waals surface area contributed by atoms with Crippen LogP contribution in [0.15, 0.2) is 101 Å². The smallest absolute Gasteiger partial charge is 0.328 e. The van der Waals surface area contributed by atoms with E-state index in [9.17, 15) is 34.8 Å². The molecular weight excluding hydrogens is 753 g/mol. The van der Waals surface area contributed by atoms with Crippen LogP contribution in [0.2, 0.25) is 0 Å². The van der Waals surface area contributed by atoms with E-state index in [0.717, 1.165) is 70.5 Å². The predicted molar refractivity (Wildman–Crippen MR) is 198 cm³/mol. The summed E-state index contributed by atoms with van der Waals surface area (Å²) in [6.45, 7) is 2.02. The van der Waals surface area contributed by atoms with Gasteiger partial charge in [-0.2, -0.15) is 8.78 Å². The molecule has 0 amide bonds. The number of aliphatic imine (C=N–C) groups is 1. The van der Waals surface area contributed by atoms with E-state index in [1.165, 1.54) is 43.5 Å². The van der Waals surface area contributed by atoms with Crippen molar-refractivity contribution in [3.8, 4) is 22.5 Å². The second kappa shape index (κ2) is 16.4. The molecule has 6 aromatic rings. The molecule has 9 nitrogen and oxygen atoms in total. The first-order valence-corrected chi connectivity index (χ1v) is 19.1. The van der Waals surface area contributed by atoms with E-state index in [-0.39, 0.29) is 22.5 Å². The number of sulfone groups is 1. The highest BCUT2D eigenvalue weighted by atomic mass is 32.2. The Balaban J connectivity index is 0.000000185. The van der Waals surface area contributed by atoms with Gasteiger partial charge in [-0.3, -0.25) is 4.98 Å². The van der Waals surface area contributed by atoms with Crippen molar-refractivity contribution in [2.24, 2.45) is 4.99 Å². The van der Waals surface area contributed by atoms with Crippen LogP contribution >= 0.6 is 11.3 Å². The number of imidazole rings is 1. The molecule has 0 aliphatic heterocycles. The first kappa shape index (κ1) is 38.4. The molecule has 3 heterocycles. The number of thiazole rings is 1. The van der Waals surface area contributed by atoms with Gasteiger partial charge in [-0.05, 0) is 80.4 Å². The molecule has 0 spiro atoms. The number of anilines is 2. The van der Waals surface area contributed by atoms with Crippen LogP contribution in [0.25, 0.3) is 33.4 Å². The number of fused-ring (bicyclic) bond motifs is 1. The van der Waals surface area contributed by atoms with Crippen LogP contribution in [0, 0.1) is 18.6 Å². The molecule has 0 bridgehead atoms. The lowest BCUT2D eigenvalue weighted by Crippen LogP contribution is -2.37. The summed E-state index contributed by atoms with van der Waals surface area (Å²) in [5.41, 5.74) is 2.91. The number of para-hydroxylation sites is 1. The number of guanidine groups is 1. The van der Waals surface area contributed by atoms with E-state index in [4.69, 9.17) is 4.99 Å². The van der Waals surface area contributed by atoms with Gasteiger partial charge in [0.1, 0.15) is 11.6 Å². The maximum atomic E-state index is 13.6. The molecule has 0 unspecified atom stereocenters. The molecular formula is C37H33F6N7O2S2. The van der Waals surface area contributed by atoms with E-state index in [2.05, 4.69) is 42.7 Å². The summed E-state index contributed by atoms with van der Waals surface area (Å²) in [6, 6.07) is 19.5. The van der Waals surface area contributed by atoms with Crippen LogP contribution < -0.4 is 10.6 Å². The Morgan fingerprint density at radius 2 is 1.56 bits per heavy atom. The van der Waals surface area contributed by atoms with Crippen molar-refractivity contribution in [3.63, 3.8) is 0 Å². The van der Waals surface area contributed by atoms with E-state index in [0.29, 0.717) is 6.04 Å². The second-order valence-electron chi connectivity index (χ2n) is 12.3. The van der Waals surface area contributed by atoms with Gasteiger partial charge in [0, 0.05) is 33.8 Å². The maximum absolute atomic E-state index is 13.6. The third kappa shape index (κ3) is 8.73. The summed E-state index contributed by atoms with van der Waals surface area (Å²) >= 11 is 1.58. The SMILES string of the molecule is Cc1cc(NC(=NC2CCCCC2)Nc2nccs2)c2ccccc2n1.O=S(=O)(c1nc(-c2ccc(F)cc2)c(-c2ccc(F)cc2)[nH]1)C(F)(F)C(F)F. The van der Waals surface area contributed by atoms with Crippen molar-refractivity contribution in [1.82, 2.24) is 19.9 Å². The van der Waals surface area contributed by atoms with Gasteiger partial charge in [0.05, 0.1) is 28.6 Å². The van der Waals surface area contributed by atoms with E-state index < -0.39 is 38.3 Å². The molecule has 3 aromatic heterocycles. The number of aromatic nitrogens is 4. The predicted octanol–water partition coefficient (Wildman–Crippen LogP) is 9.87. The maximum Gasteiger partial charge on any atom is 0.411 e. The number of halogens is 6. The first-order valence-electron chi connectivity index (χ1n) is 16.7. The van der Waals surface area contributed by atoms with Crippen molar-refractivity contribution in [3.05, 3.63) is 108 Å². The zero-order valence-corrected chi connectivity index (χ0v) is 30.2. The molecule has 3 aromatic carbocycles. The first-order chi connectivity index (χ1) is 25.8. The quantitative estimate of drug-likeness (QED) is 0.0797. The van der Waals surface area contributed by atoms with E-state index in [1.54, 1.807) is 17.5 Å². The fourth-order valence-corrected chi connectivity index (χ4v) is 7.25. The summed E-state index contributed by atoms with van der Waals surface area (Å²) < 4.78 is 103. The van der Waals surface area contributed by atoms with E-state index >= 15 is 0 Å². The number of aryl methyl sites for hydroxylation is 1. The number of hydrogen-bond donors (Lipinski definition) is 3. The van der Waals surface area contributed by atoms with Gasteiger partial charge < -0.3 is 15.6 Å². The van der Waals surface area contributed by atoms with Crippen LogP contribution in [-0.2, 0) is 9.84 Å². The Bertz CT molecular complexity index is 2270. The van der Waals surface area contributed by atoms with Gasteiger partial charge in [0.25, 0.3) is 9.84 Å². The van der Waals surface area contributed by atoms with Crippen LogP contribution in [0.3, 0.4) is 0 Å². The molecule has 1 aliphatic carbocycles. The Morgan fingerprint density at radius 3 is 2.19 bits per heavy atom. The molecule has 0 atom stereocenters. The third-order valence-electron chi connectivity index (χ3n) is 8.44. The summed E-state index contributed by atoms with van der Waals surface area (Å²) in [7, 11) is -5.87. The number of pyridine rings is 1. The van der Waals surface area contributed by atoms with Crippen molar-refractivity contribution < 1.29 is 34.8 Å². The number of aromatic amines is 1. The zero-order valence-electron chi connectivity index (χ0n) is 28.5. The Kier molecular flexibility index (Phi) is 11.7. The van der Waals surface area contributed by atoms with Crippen molar-refractivity contribution >= 4 is 48.9 Å². The molecule has 282 valence electrons. The fraction of sp³-hybridized carbons (Fsp3) is 0.243. The topological polar surface area (TPSA) is 125 Å². The van der Waals surface area contributed by atoms with Gasteiger partial charge in [-0.1, -0.05) is 37.5 Å². The fourth-order valence-electron chi connectivity index (χ4n) is 5.78. The normalized spacial score (nSPS) is 14.2. The monoisotopic (exact) mass is 785 g/mol. The number of rotatable bonds is 8. The van der Waals surface area contributed by atoms with Crippen molar-refractivity contribution in [2.45, 2.75) is 61.9 Å². The average molecular weight is 786 g/mol. The molecule has 0 saturated heterocycles. The van der Waals surface area contributed by atoms with Gasteiger partial charge in [-0.15, -0.1) is 11.3 Å². The van der Waals surface area contributed by atoms with Gasteiger partial charge >= 0.3 is 11.7 Å². The molecule has 3 N–H and O–H groups in total. The highest BCUT2D eigenvalue weighted by Crippen LogP contribution is 2.37. The second-order valence-corrected chi connectivity index (χ2v) is 15.2. The summed E-state index contributed by atoms with van der Waals surface area (Å²) in [5, 5.41) is 4.01. The molecule has 7 rings (SSSR count). The highest BCUT2D eigenvalue weighted by molar-refractivity contribution is 7.92.